The minimum Gasteiger partial charge on any atom is -0.393 e. The van der Waals surface area contributed by atoms with Gasteiger partial charge in [-0.1, -0.05) is 36.4 Å². The zero-order chi connectivity index (χ0) is 16.5. The highest BCUT2D eigenvalue weighted by Gasteiger charge is 2.29. The molecule has 1 aliphatic rings. The number of benzene rings is 1. The summed E-state index contributed by atoms with van der Waals surface area (Å²) in [4.78, 5) is 0. The molecular formula is C19H28O4. The van der Waals surface area contributed by atoms with Crippen LogP contribution in [0.1, 0.15) is 37.7 Å². The maximum Gasteiger partial charge on any atom is 0.0716 e. The maximum atomic E-state index is 10.0. The van der Waals surface area contributed by atoms with Crippen LogP contribution in [0.4, 0.5) is 0 Å². The molecule has 0 saturated carbocycles. The average Bonchev–Trinajstić information content (AvgIpc) is 2.52. The Morgan fingerprint density at radius 3 is 2.74 bits per heavy atom. The molecule has 2 N–H and O–H groups in total. The molecule has 1 fully saturated rings. The Kier molecular flexibility index (Phi) is 7.76. The number of hydrogen-bond donors (Lipinski definition) is 2. The molecule has 0 bridgehead atoms. The second-order valence-corrected chi connectivity index (χ2v) is 6.25. The first-order valence-electron chi connectivity index (χ1n) is 8.41. The van der Waals surface area contributed by atoms with Gasteiger partial charge in [-0.15, -0.1) is 6.58 Å². The lowest BCUT2D eigenvalue weighted by Gasteiger charge is -2.34. The topological polar surface area (TPSA) is 58.9 Å². The molecule has 4 heteroatoms. The summed E-state index contributed by atoms with van der Waals surface area (Å²) < 4.78 is 11.7. The lowest BCUT2D eigenvalue weighted by Crippen LogP contribution is -2.38. The first kappa shape index (κ1) is 18.1. The highest BCUT2D eigenvalue weighted by Crippen LogP contribution is 2.25. The summed E-state index contributed by atoms with van der Waals surface area (Å²) in [5.74, 6) is 0. The van der Waals surface area contributed by atoms with Crippen molar-refractivity contribution in [3.8, 4) is 0 Å². The summed E-state index contributed by atoms with van der Waals surface area (Å²) in [7, 11) is 0. The van der Waals surface area contributed by atoms with Crippen molar-refractivity contribution in [2.24, 2.45) is 0 Å². The third-order valence-corrected chi connectivity index (χ3v) is 4.12. The van der Waals surface area contributed by atoms with Crippen molar-refractivity contribution in [2.75, 3.05) is 6.61 Å². The Hall–Kier alpha value is -1.20. The first-order chi connectivity index (χ1) is 11.2. The fraction of sp³-hybridized carbons (Fsp3) is 0.579. The third kappa shape index (κ3) is 6.83. The summed E-state index contributed by atoms with van der Waals surface area (Å²) >= 11 is 0. The van der Waals surface area contributed by atoms with Crippen LogP contribution < -0.4 is 0 Å². The van der Waals surface area contributed by atoms with Crippen LogP contribution in [0.25, 0.3) is 0 Å². The Bertz CT molecular complexity index is 448. The van der Waals surface area contributed by atoms with E-state index in [-0.39, 0.29) is 18.3 Å². The molecule has 4 atom stereocenters. The van der Waals surface area contributed by atoms with Gasteiger partial charge in [0.1, 0.15) is 0 Å². The maximum absolute atomic E-state index is 10.0. The highest BCUT2D eigenvalue weighted by atomic mass is 16.5. The molecule has 0 aliphatic carbocycles. The predicted octanol–water partition coefficient (Wildman–Crippen LogP) is 2.83. The molecule has 1 aromatic carbocycles. The highest BCUT2D eigenvalue weighted by molar-refractivity contribution is 5.13. The summed E-state index contributed by atoms with van der Waals surface area (Å²) in [5, 5.41) is 19.9. The lowest BCUT2D eigenvalue weighted by molar-refractivity contribution is -0.116. The molecule has 0 unspecified atom stereocenters. The molecule has 2 rings (SSSR count). The first-order valence-corrected chi connectivity index (χ1v) is 8.41. The van der Waals surface area contributed by atoms with Gasteiger partial charge in [0.2, 0.25) is 0 Å². The smallest absolute Gasteiger partial charge is 0.0716 e. The van der Waals surface area contributed by atoms with Crippen molar-refractivity contribution >= 4 is 0 Å². The van der Waals surface area contributed by atoms with Gasteiger partial charge in [-0.3, -0.25) is 0 Å². The van der Waals surface area contributed by atoms with Gasteiger partial charge in [0.15, 0.2) is 0 Å². The van der Waals surface area contributed by atoms with Gasteiger partial charge in [-0.2, -0.15) is 0 Å². The number of aliphatic hydroxyl groups excluding tert-OH is 2. The molecule has 0 aromatic heterocycles. The summed E-state index contributed by atoms with van der Waals surface area (Å²) in [6.45, 7) is 4.83. The molecule has 4 nitrogen and oxygen atoms in total. The second kappa shape index (κ2) is 9.83. The van der Waals surface area contributed by atoms with Crippen LogP contribution in [0, 0.1) is 0 Å². The van der Waals surface area contributed by atoms with Crippen molar-refractivity contribution in [3.63, 3.8) is 0 Å². The van der Waals surface area contributed by atoms with E-state index in [1.807, 2.05) is 30.3 Å². The summed E-state index contributed by atoms with van der Waals surface area (Å²) in [6, 6.07) is 10.1. The van der Waals surface area contributed by atoms with E-state index in [1.54, 1.807) is 6.08 Å². The molecule has 1 aliphatic heterocycles. The minimum atomic E-state index is -0.446. The fourth-order valence-corrected chi connectivity index (χ4v) is 3.00. The Labute approximate surface area is 138 Å². The molecule has 0 amide bonds. The van der Waals surface area contributed by atoms with Crippen LogP contribution in [0.2, 0.25) is 0 Å². The largest absolute Gasteiger partial charge is 0.393 e. The van der Waals surface area contributed by atoms with E-state index < -0.39 is 6.10 Å². The van der Waals surface area contributed by atoms with Crippen LogP contribution in [-0.4, -0.2) is 41.2 Å². The monoisotopic (exact) mass is 320 g/mol. The van der Waals surface area contributed by atoms with Crippen molar-refractivity contribution < 1.29 is 19.7 Å². The van der Waals surface area contributed by atoms with E-state index in [9.17, 15) is 10.2 Å². The molecule has 23 heavy (non-hydrogen) atoms. The van der Waals surface area contributed by atoms with E-state index in [0.29, 0.717) is 38.9 Å². The summed E-state index contributed by atoms with van der Waals surface area (Å²) in [6.07, 6.45) is 3.91. The normalized spacial score (nSPS) is 25.9. The lowest BCUT2D eigenvalue weighted by atomic mass is 9.95. The summed E-state index contributed by atoms with van der Waals surface area (Å²) in [5.41, 5.74) is 1.16. The fourth-order valence-electron chi connectivity index (χ4n) is 3.00. The molecule has 1 aromatic rings. The van der Waals surface area contributed by atoms with Gasteiger partial charge in [0, 0.05) is 6.61 Å². The average molecular weight is 320 g/mol. The van der Waals surface area contributed by atoms with Crippen LogP contribution in [0.5, 0.6) is 0 Å². The van der Waals surface area contributed by atoms with Crippen LogP contribution in [0.3, 0.4) is 0 Å². The van der Waals surface area contributed by atoms with Gasteiger partial charge in [0.25, 0.3) is 0 Å². The number of aliphatic hydroxyl groups is 2. The van der Waals surface area contributed by atoms with E-state index in [1.165, 1.54) is 0 Å². The quantitative estimate of drug-likeness (QED) is 0.542. The van der Waals surface area contributed by atoms with E-state index >= 15 is 0 Å². The van der Waals surface area contributed by atoms with Gasteiger partial charge >= 0.3 is 0 Å². The zero-order valence-corrected chi connectivity index (χ0v) is 13.6. The van der Waals surface area contributed by atoms with E-state index in [4.69, 9.17) is 9.47 Å². The van der Waals surface area contributed by atoms with Crippen LogP contribution in [-0.2, 0) is 16.1 Å². The van der Waals surface area contributed by atoms with Gasteiger partial charge < -0.3 is 19.7 Å². The standard InChI is InChI=1S/C19H28O4/c1-2-6-16(20)11-19-13-17(21)12-18(23-19)9-10-22-14-15-7-4-3-5-8-15/h2-5,7-8,16-21H,1,6,9-14H2/t16-,17+,18-,19+/m1/s1. The van der Waals surface area contributed by atoms with Gasteiger partial charge in [-0.05, 0) is 37.7 Å². The molecule has 0 radical (unpaired) electrons. The molecule has 1 heterocycles. The Morgan fingerprint density at radius 1 is 1.26 bits per heavy atom. The molecular weight excluding hydrogens is 292 g/mol. The second-order valence-electron chi connectivity index (χ2n) is 6.25. The van der Waals surface area contributed by atoms with Crippen molar-refractivity contribution in [1.29, 1.82) is 0 Å². The SMILES string of the molecule is C=CC[C@@H](O)C[C@H]1C[C@@H](O)C[C@@H](CCOCc2ccccc2)O1. The van der Waals surface area contributed by atoms with Crippen molar-refractivity contribution in [3.05, 3.63) is 48.6 Å². The molecule has 128 valence electrons. The zero-order valence-electron chi connectivity index (χ0n) is 13.6. The number of rotatable bonds is 9. The van der Waals surface area contributed by atoms with Crippen LogP contribution >= 0.6 is 0 Å². The minimum absolute atomic E-state index is 0.00421. The Morgan fingerprint density at radius 2 is 2.00 bits per heavy atom. The molecule has 1 saturated heterocycles. The third-order valence-electron chi connectivity index (χ3n) is 4.12. The van der Waals surface area contributed by atoms with Gasteiger partial charge in [-0.25, -0.2) is 0 Å². The molecule has 0 spiro atoms. The number of hydrogen-bond acceptors (Lipinski definition) is 4. The van der Waals surface area contributed by atoms with E-state index in [0.717, 1.165) is 12.0 Å². The van der Waals surface area contributed by atoms with Crippen molar-refractivity contribution in [1.82, 2.24) is 0 Å². The van der Waals surface area contributed by atoms with E-state index in [2.05, 4.69) is 6.58 Å². The predicted molar refractivity (Wildman–Crippen MR) is 90.1 cm³/mol. The van der Waals surface area contributed by atoms with Gasteiger partial charge in [0.05, 0.1) is 31.0 Å². The van der Waals surface area contributed by atoms with Crippen molar-refractivity contribution in [2.45, 2.75) is 63.1 Å². The number of ether oxygens (including phenoxy) is 2. The Balaban J connectivity index is 1.68. The van der Waals surface area contributed by atoms with Crippen LogP contribution in [0.15, 0.2) is 43.0 Å².